The number of hydrogen-bond acceptors (Lipinski definition) is 5. The van der Waals surface area contributed by atoms with Crippen LogP contribution in [0.25, 0.3) is 11.3 Å². The maximum atomic E-state index is 13.2. The van der Waals surface area contributed by atoms with Crippen molar-refractivity contribution in [3.05, 3.63) is 70.9 Å². The van der Waals surface area contributed by atoms with Crippen LogP contribution in [-0.2, 0) is 16.4 Å². The van der Waals surface area contributed by atoms with Crippen LogP contribution in [0, 0.1) is 19.3 Å². The number of aryl methyl sites for hydroxylation is 3. The molecule has 8 heteroatoms. The minimum Gasteiger partial charge on any atom is -0.349 e. The largest absolute Gasteiger partial charge is 0.349 e. The van der Waals surface area contributed by atoms with Crippen LogP contribution in [0.5, 0.6) is 0 Å². The summed E-state index contributed by atoms with van der Waals surface area (Å²) in [6, 6.07) is 13.9. The third-order valence-corrected chi connectivity index (χ3v) is 7.42. The number of nitrogens with zero attached hydrogens (tertiary/aromatic N) is 2. The van der Waals surface area contributed by atoms with Gasteiger partial charge in [0.1, 0.15) is 0 Å². The molecule has 0 spiro atoms. The third kappa shape index (κ3) is 7.16. The van der Waals surface area contributed by atoms with Crippen molar-refractivity contribution in [1.29, 1.82) is 0 Å². The van der Waals surface area contributed by atoms with Crippen molar-refractivity contribution in [3.8, 4) is 11.3 Å². The first-order chi connectivity index (χ1) is 17.4. The van der Waals surface area contributed by atoms with Gasteiger partial charge in [0.2, 0.25) is 5.95 Å². The van der Waals surface area contributed by atoms with Crippen molar-refractivity contribution < 1.29 is 14.6 Å². The Labute approximate surface area is 222 Å². The second-order valence-electron chi connectivity index (χ2n) is 10.4. The molecule has 2 aromatic carbocycles. The highest BCUT2D eigenvalue weighted by Crippen LogP contribution is 2.29. The summed E-state index contributed by atoms with van der Waals surface area (Å²) in [6.07, 6.45) is 2.00. The van der Waals surface area contributed by atoms with Crippen LogP contribution in [-0.4, -0.2) is 30.3 Å². The van der Waals surface area contributed by atoms with E-state index in [1.165, 1.54) is 12.1 Å². The minimum absolute atomic E-state index is 0. The van der Waals surface area contributed by atoms with Gasteiger partial charge < -0.3 is 5.32 Å². The van der Waals surface area contributed by atoms with Gasteiger partial charge in [-0.1, -0.05) is 58.9 Å². The number of anilines is 1. The number of hydrogen-bond donors (Lipinski definition) is 2. The van der Waals surface area contributed by atoms with Crippen molar-refractivity contribution in [2.75, 3.05) is 4.72 Å². The van der Waals surface area contributed by atoms with E-state index in [1.54, 1.807) is 12.1 Å². The first-order valence-electron chi connectivity index (χ1n) is 12.8. The molecular weight excluding hydrogens is 484 g/mol. The highest BCUT2D eigenvalue weighted by molar-refractivity contribution is 7.92. The minimum atomic E-state index is -4.00. The summed E-state index contributed by atoms with van der Waals surface area (Å²) in [5.41, 5.74) is 4.74. The van der Waals surface area contributed by atoms with Gasteiger partial charge in [-0.05, 0) is 73.9 Å². The first-order valence-corrected chi connectivity index (χ1v) is 14.3. The predicted molar refractivity (Wildman–Crippen MR) is 151 cm³/mol. The van der Waals surface area contributed by atoms with Crippen LogP contribution >= 0.6 is 0 Å². The van der Waals surface area contributed by atoms with Crippen molar-refractivity contribution >= 4 is 21.9 Å². The topological polar surface area (TPSA) is 101 Å². The lowest BCUT2D eigenvalue weighted by Crippen LogP contribution is -2.38. The number of sulfonamides is 1. The summed E-state index contributed by atoms with van der Waals surface area (Å²) in [7, 11) is -4.00. The number of rotatable bonds is 2. The monoisotopic (exact) mass is 524 g/mol. The molecule has 0 unspecified atom stereocenters. The molecule has 0 saturated carbocycles. The van der Waals surface area contributed by atoms with Crippen molar-refractivity contribution in [1.82, 2.24) is 15.3 Å². The van der Waals surface area contributed by atoms with E-state index < -0.39 is 10.0 Å². The maximum absolute atomic E-state index is 13.2. The smallest absolute Gasteiger partial charge is 0.264 e. The number of fused-ring (bicyclic) bond motifs is 4. The van der Waals surface area contributed by atoms with E-state index in [-0.39, 0.29) is 29.6 Å². The van der Waals surface area contributed by atoms with Gasteiger partial charge in [0.05, 0.1) is 10.6 Å². The summed E-state index contributed by atoms with van der Waals surface area (Å²) < 4.78 is 28.9. The fourth-order valence-corrected chi connectivity index (χ4v) is 5.55. The van der Waals surface area contributed by atoms with Gasteiger partial charge in [-0.15, -0.1) is 0 Å². The summed E-state index contributed by atoms with van der Waals surface area (Å²) >= 11 is 0. The molecular formula is C29H40N4O3S. The van der Waals surface area contributed by atoms with E-state index in [1.807, 2.05) is 52.0 Å². The molecule has 1 aromatic heterocycles. The highest BCUT2D eigenvalue weighted by Gasteiger charge is 2.24. The van der Waals surface area contributed by atoms with Crippen LogP contribution in [0.4, 0.5) is 5.95 Å². The zero-order valence-corrected chi connectivity index (χ0v) is 23.7. The van der Waals surface area contributed by atoms with E-state index in [2.05, 4.69) is 40.8 Å². The summed E-state index contributed by atoms with van der Waals surface area (Å²) in [6.45, 7) is 14.4. The zero-order valence-electron chi connectivity index (χ0n) is 22.8. The van der Waals surface area contributed by atoms with Crippen LogP contribution in [0.1, 0.15) is 76.1 Å². The van der Waals surface area contributed by atoms with Crippen LogP contribution < -0.4 is 10.0 Å². The summed E-state index contributed by atoms with van der Waals surface area (Å²) in [5, 5.41) is 3.12. The number of nitrogens with one attached hydrogen (secondary N) is 2. The molecule has 200 valence electrons. The first kappa shape index (κ1) is 28.3. The Kier molecular flexibility index (Phi) is 8.74. The molecule has 4 rings (SSSR count). The normalized spacial score (nSPS) is 17.1. The number of aromatic nitrogens is 2. The molecule has 1 aliphatic rings. The van der Waals surface area contributed by atoms with Crippen molar-refractivity contribution in [3.63, 3.8) is 0 Å². The van der Waals surface area contributed by atoms with Crippen molar-refractivity contribution in [2.45, 2.75) is 78.7 Å². The molecule has 3 aromatic rings. The molecule has 0 aliphatic carbocycles. The molecule has 37 heavy (non-hydrogen) atoms. The van der Waals surface area contributed by atoms with Gasteiger partial charge in [-0.2, -0.15) is 0 Å². The zero-order chi connectivity index (χ0) is 27.4. The molecule has 4 bridgehead atoms. The van der Waals surface area contributed by atoms with E-state index in [9.17, 15) is 13.2 Å². The van der Waals surface area contributed by atoms with Crippen molar-refractivity contribution in [2.24, 2.45) is 5.41 Å². The standard InChI is InChI=1S/C27H32N4O3S.C2H6.H2/c1-17-8-6-9-18(2)24(17)23-15-20-12-13-21(16-27(3,4)5)28-25(32)19-10-7-11-22(14-19)35(33,34)31-26(29-20)30-23;1-2;/h6-11,14-15,21H,12-13,16H2,1-5H3,(H,28,32)(H,29,30,31);1-2H3;1H/t21-;;/m0../s1. The fourth-order valence-electron chi connectivity index (χ4n) is 4.56. The van der Waals surface area contributed by atoms with Gasteiger partial charge in [-0.25, -0.2) is 23.1 Å². The molecule has 0 fully saturated rings. The quantitative estimate of drug-likeness (QED) is 0.409. The number of benzene rings is 2. The molecule has 1 aliphatic heterocycles. The second-order valence-corrected chi connectivity index (χ2v) is 12.1. The van der Waals surface area contributed by atoms with Gasteiger partial charge in [0, 0.05) is 24.3 Å². The molecule has 1 atom stereocenters. The number of carbonyl (C=O) groups is 1. The summed E-state index contributed by atoms with van der Waals surface area (Å²) in [4.78, 5) is 22.2. The fraction of sp³-hybridized carbons (Fsp3) is 0.414. The van der Waals surface area contributed by atoms with Crippen LogP contribution in [0.15, 0.2) is 53.4 Å². The van der Waals surface area contributed by atoms with E-state index >= 15 is 0 Å². The molecule has 0 saturated heterocycles. The molecule has 2 N–H and O–H groups in total. The highest BCUT2D eigenvalue weighted by atomic mass is 32.2. The van der Waals surface area contributed by atoms with E-state index in [0.717, 1.165) is 28.8 Å². The molecule has 7 nitrogen and oxygen atoms in total. The Morgan fingerprint density at radius 3 is 2.30 bits per heavy atom. The Hall–Kier alpha value is -3.26. The Balaban J connectivity index is 0.00000165. The molecule has 0 radical (unpaired) electrons. The number of carbonyl (C=O) groups excluding carboxylic acids is 1. The average molecular weight is 525 g/mol. The Bertz CT molecular complexity index is 1360. The van der Waals surface area contributed by atoms with Gasteiger partial charge in [0.15, 0.2) is 0 Å². The lowest BCUT2D eigenvalue weighted by molar-refractivity contribution is 0.0923. The molecule has 1 amide bonds. The SMILES string of the molecule is CC.Cc1cccc(C)c1-c1cc2nc(n1)NS(=O)(=O)c1cccc(c1)C(=O)N[C@H](CC(C)(C)C)CC2.[HH]. The lowest BCUT2D eigenvalue weighted by atomic mass is 9.86. The second kappa shape index (κ2) is 11.4. The van der Waals surface area contributed by atoms with Gasteiger partial charge in [-0.3, -0.25) is 4.79 Å². The van der Waals surface area contributed by atoms with E-state index in [0.29, 0.717) is 24.1 Å². The Morgan fingerprint density at radius 1 is 1.00 bits per heavy atom. The lowest BCUT2D eigenvalue weighted by Gasteiger charge is -2.27. The molecule has 2 heterocycles. The maximum Gasteiger partial charge on any atom is 0.264 e. The summed E-state index contributed by atoms with van der Waals surface area (Å²) in [5.74, 6) is -0.263. The average Bonchev–Trinajstić information content (AvgIpc) is 2.82. The van der Waals surface area contributed by atoms with Crippen LogP contribution in [0.2, 0.25) is 0 Å². The van der Waals surface area contributed by atoms with E-state index in [4.69, 9.17) is 0 Å². The predicted octanol–water partition coefficient (Wildman–Crippen LogP) is 6.31. The number of amides is 1. The van der Waals surface area contributed by atoms with Crippen LogP contribution in [0.3, 0.4) is 0 Å². The van der Waals surface area contributed by atoms with Gasteiger partial charge >= 0.3 is 0 Å². The third-order valence-electron chi connectivity index (χ3n) is 6.09. The van der Waals surface area contributed by atoms with Gasteiger partial charge in [0.25, 0.3) is 15.9 Å². The Morgan fingerprint density at radius 2 is 1.65 bits per heavy atom.